The number of hydrogen-bond donors (Lipinski definition) is 1. The minimum atomic E-state index is -0.163. The number of thiazole rings is 1. The normalized spacial score (nSPS) is 11.0. The molecule has 10 heteroatoms. The predicted octanol–water partition coefficient (Wildman–Crippen LogP) is 5.85. The van der Waals surface area contributed by atoms with Gasteiger partial charge in [-0.15, -0.1) is 21.5 Å². The highest BCUT2D eigenvalue weighted by atomic mass is 35.5. The lowest BCUT2D eigenvalue weighted by molar-refractivity contribution is -0.113. The Balaban J connectivity index is 1.39. The summed E-state index contributed by atoms with van der Waals surface area (Å²) in [6.07, 6.45) is 0. The molecule has 1 N–H and O–H groups in total. The largest absolute Gasteiger partial charge is 0.300 e. The summed E-state index contributed by atoms with van der Waals surface area (Å²) in [7, 11) is 0. The molecule has 0 saturated carbocycles. The molecule has 0 unspecified atom stereocenters. The number of anilines is 1. The molecule has 0 bridgehead atoms. The maximum absolute atomic E-state index is 12.2. The summed E-state index contributed by atoms with van der Waals surface area (Å²) in [4.78, 5) is 16.7. The average molecular weight is 453 g/mol. The second-order valence-corrected chi connectivity index (χ2v) is 9.40. The minimum Gasteiger partial charge on any atom is -0.300 e. The van der Waals surface area contributed by atoms with E-state index in [9.17, 15) is 4.79 Å². The highest BCUT2D eigenvalue weighted by molar-refractivity contribution is 8.01. The molecule has 2 aromatic heterocycles. The number of carbonyl (C=O) groups is 1. The lowest BCUT2D eigenvalue weighted by atomic mass is 10.2. The summed E-state index contributed by atoms with van der Waals surface area (Å²) in [5.74, 6) is 0.0836. The summed E-state index contributed by atoms with van der Waals surface area (Å²) >= 11 is 16.3. The first-order chi connectivity index (χ1) is 13.1. The van der Waals surface area contributed by atoms with Crippen molar-refractivity contribution in [2.24, 2.45) is 0 Å². The van der Waals surface area contributed by atoms with Gasteiger partial charge in [0.05, 0.1) is 21.0 Å². The van der Waals surface area contributed by atoms with Gasteiger partial charge in [0.25, 0.3) is 0 Å². The van der Waals surface area contributed by atoms with Gasteiger partial charge in [0.15, 0.2) is 9.35 Å². The van der Waals surface area contributed by atoms with E-state index < -0.39 is 0 Å². The molecule has 0 saturated heterocycles. The monoisotopic (exact) mass is 452 g/mol. The van der Waals surface area contributed by atoms with E-state index >= 15 is 0 Å². The van der Waals surface area contributed by atoms with Crippen molar-refractivity contribution in [2.75, 3.05) is 11.1 Å². The molecule has 5 nitrogen and oxygen atoms in total. The van der Waals surface area contributed by atoms with Crippen molar-refractivity contribution in [3.63, 3.8) is 0 Å². The SMILES string of the molecule is O=C(CSc1nc2ccccc2s1)Nc1nnc(-c2ccc(Cl)cc2Cl)s1. The van der Waals surface area contributed by atoms with Crippen molar-refractivity contribution >= 4 is 78.9 Å². The van der Waals surface area contributed by atoms with Crippen LogP contribution in [-0.4, -0.2) is 26.8 Å². The van der Waals surface area contributed by atoms with Gasteiger partial charge in [-0.25, -0.2) is 4.98 Å². The zero-order valence-corrected chi connectivity index (χ0v) is 17.4. The average Bonchev–Trinajstić information content (AvgIpc) is 3.26. The van der Waals surface area contributed by atoms with Crippen LogP contribution in [0.5, 0.6) is 0 Å². The molecule has 27 heavy (non-hydrogen) atoms. The highest BCUT2D eigenvalue weighted by Crippen LogP contribution is 2.34. The lowest BCUT2D eigenvalue weighted by Gasteiger charge is -2.00. The zero-order chi connectivity index (χ0) is 18.8. The fourth-order valence-electron chi connectivity index (χ4n) is 2.24. The van der Waals surface area contributed by atoms with Crippen LogP contribution >= 0.6 is 57.6 Å². The second-order valence-electron chi connectivity index (χ2n) is 5.32. The third-order valence-electron chi connectivity index (χ3n) is 3.43. The Hall–Kier alpha value is -1.71. The number of halogens is 2. The van der Waals surface area contributed by atoms with E-state index in [1.54, 1.807) is 29.5 Å². The standard InChI is InChI=1S/C17H10Cl2N4OS3/c18-9-5-6-10(11(19)7-9)15-22-23-16(27-15)21-14(24)8-25-17-20-12-3-1-2-4-13(12)26-17/h1-7H,8H2,(H,21,23,24). The number of amides is 1. The summed E-state index contributed by atoms with van der Waals surface area (Å²) in [5, 5.41) is 12.9. The van der Waals surface area contributed by atoms with Gasteiger partial charge in [0.1, 0.15) is 0 Å². The number of nitrogens with one attached hydrogen (secondary N) is 1. The Bertz CT molecular complexity index is 1100. The third kappa shape index (κ3) is 4.41. The van der Waals surface area contributed by atoms with Crippen LogP contribution < -0.4 is 5.32 Å². The maximum Gasteiger partial charge on any atom is 0.236 e. The van der Waals surface area contributed by atoms with Crippen molar-refractivity contribution in [1.29, 1.82) is 0 Å². The molecule has 136 valence electrons. The number of rotatable bonds is 5. The van der Waals surface area contributed by atoms with Crippen molar-refractivity contribution < 1.29 is 4.79 Å². The molecule has 0 spiro atoms. The number of para-hydroxylation sites is 1. The van der Waals surface area contributed by atoms with E-state index in [0.29, 0.717) is 20.2 Å². The first kappa shape index (κ1) is 18.6. The van der Waals surface area contributed by atoms with E-state index in [4.69, 9.17) is 23.2 Å². The molecule has 1 amide bonds. The first-order valence-corrected chi connectivity index (χ1v) is 11.0. The Morgan fingerprint density at radius 2 is 1.96 bits per heavy atom. The Morgan fingerprint density at radius 1 is 1.11 bits per heavy atom. The van der Waals surface area contributed by atoms with Crippen LogP contribution in [0.4, 0.5) is 5.13 Å². The molecular weight excluding hydrogens is 443 g/mol. The Morgan fingerprint density at radius 3 is 2.78 bits per heavy atom. The summed E-state index contributed by atoms with van der Waals surface area (Å²) in [6, 6.07) is 13.1. The number of benzene rings is 2. The van der Waals surface area contributed by atoms with Crippen molar-refractivity contribution in [2.45, 2.75) is 4.34 Å². The smallest absolute Gasteiger partial charge is 0.236 e. The summed E-state index contributed by atoms with van der Waals surface area (Å²) < 4.78 is 1.96. The van der Waals surface area contributed by atoms with E-state index in [2.05, 4.69) is 20.5 Å². The van der Waals surface area contributed by atoms with Crippen LogP contribution in [0.15, 0.2) is 46.8 Å². The van der Waals surface area contributed by atoms with Crippen LogP contribution in [0.25, 0.3) is 20.8 Å². The number of aromatic nitrogens is 3. The Kier molecular flexibility index (Phi) is 5.60. The molecule has 0 radical (unpaired) electrons. The van der Waals surface area contributed by atoms with Gasteiger partial charge in [0, 0.05) is 10.6 Å². The van der Waals surface area contributed by atoms with Crippen LogP contribution in [0.1, 0.15) is 0 Å². The van der Waals surface area contributed by atoms with Gasteiger partial charge in [0.2, 0.25) is 11.0 Å². The molecule has 0 aliphatic rings. The fraction of sp³-hybridized carbons (Fsp3) is 0.0588. The first-order valence-electron chi connectivity index (χ1n) is 7.65. The van der Waals surface area contributed by atoms with E-state index in [-0.39, 0.29) is 11.7 Å². The number of fused-ring (bicyclic) bond motifs is 1. The zero-order valence-electron chi connectivity index (χ0n) is 13.5. The molecule has 2 aromatic carbocycles. The van der Waals surface area contributed by atoms with E-state index in [0.717, 1.165) is 20.1 Å². The van der Waals surface area contributed by atoms with Gasteiger partial charge >= 0.3 is 0 Å². The molecule has 4 aromatic rings. The van der Waals surface area contributed by atoms with Crippen LogP contribution in [0, 0.1) is 0 Å². The van der Waals surface area contributed by atoms with Gasteiger partial charge in [-0.1, -0.05) is 58.4 Å². The minimum absolute atomic E-state index is 0.163. The second kappa shape index (κ2) is 8.12. The molecule has 0 fully saturated rings. The molecule has 2 heterocycles. The fourth-order valence-corrected chi connectivity index (χ4v) is 5.46. The molecule has 0 atom stereocenters. The predicted molar refractivity (Wildman–Crippen MR) is 114 cm³/mol. The van der Waals surface area contributed by atoms with Crippen molar-refractivity contribution in [3.05, 3.63) is 52.5 Å². The topological polar surface area (TPSA) is 67.8 Å². The van der Waals surface area contributed by atoms with Crippen molar-refractivity contribution in [1.82, 2.24) is 15.2 Å². The van der Waals surface area contributed by atoms with Crippen LogP contribution in [0.2, 0.25) is 10.0 Å². The van der Waals surface area contributed by atoms with Gasteiger partial charge in [-0.3, -0.25) is 10.1 Å². The van der Waals surface area contributed by atoms with Crippen LogP contribution in [-0.2, 0) is 4.79 Å². The Labute approximate surface area is 176 Å². The van der Waals surface area contributed by atoms with Gasteiger partial charge in [-0.2, -0.15) is 0 Å². The summed E-state index contributed by atoms with van der Waals surface area (Å²) in [6.45, 7) is 0. The number of hydrogen-bond acceptors (Lipinski definition) is 7. The van der Waals surface area contributed by atoms with Gasteiger partial charge < -0.3 is 0 Å². The lowest BCUT2D eigenvalue weighted by Crippen LogP contribution is -2.13. The molecule has 0 aliphatic carbocycles. The van der Waals surface area contributed by atoms with E-state index in [1.807, 2.05) is 24.3 Å². The maximum atomic E-state index is 12.2. The quantitative estimate of drug-likeness (QED) is 0.384. The molecular formula is C17H10Cl2N4OS3. The molecule has 0 aliphatic heterocycles. The summed E-state index contributed by atoms with van der Waals surface area (Å²) in [5.41, 5.74) is 1.67. The third-order valence-corrected chi connectivity index (χ3v) is 7.03. The van der Waals surface area contributed by atoms with E-state index in [1.165, 1.54) is 23.1 Å². The highest BCUT2D eigenvalue weighted by Gasteiger charge is 2.13. The van der Waals surface area contributed by atoms with Crippen LogP contribution in [0.3, 0.4) is 0 Å². The number of nitrogens with zero attached hydrogens (tertiary/aromatic N) is 3. The van der Waals surface area contributed by atoms with Gasteiger partial charge in [-0.05, 0) is 30.3 Å². The molecule has 4 rings (SSSR count). The number of carbonyl (C=O) groups excluding carboxylic acids is 1. The van der Waals surface area contributed by atoms with Crippen molar-refractivity contribution in [3.8, 4) is 10.6 Å². The number of thioether (sulfide) groups is 1.